The van der Waals surface area contributed by atoms with E-state index < -0.39 is 23.3 Å². The van der Waals surface area contributed by atoms with Crippen molar-refractivity contribution in [3.8, 4) is 5.75 Å². The van der Waals surface area contributed by atoms with E-state index in [0.717, 1.165) is 0 Å². The van der Waals surface area contributed by atoms with E-state index >= 15 is 0 Å². The van der Waals surface area contributed by atoms with E-state index in [1.54, 1.807) is 24.3 Å². The Bertz CT molecular complexity index is 550. The molecule has 134 valence electrons. The van der Waals surface area contributed by atoms with Gasteiger partial charge in [-0.05, 0) is 42.4 Å². The van der Waals surface area contributed by atoms with Crippen molar-refractivity contribution in [2.24, 2.45) is 17.3 Å². The molecule has 2 N–H and O–H groups in total. The predicted molar refractivity (Wildman–Crippen MR) is 92.3 cm³/mol. The Morgan fingerprint density at radius 1 is 1.00 bits per heavy atom. The number of aliphatic carboxylic acids is 2. The van der Waals surface area contributed by atoms with Crippen molar-refractivity contribution in [1.82, 2.24) is 0 Å². The standard InChI is InChI=1S/C19H28O5/c1-12(2)10-19(18(22)23,11-13(3)4)16(17(20)21)14-6-8-15(24-5)9-7-14/h6-9,12-13,16H,10-11H2,1-5H3,(H,20,21)(H,22,23). The summed E-state index contributed by atoms with van der Waals surface area (Å²) in [5, 5.41) is 19.9. The number of hydrogen-bond donors (Lipinski definition) is 2. The van der Waals surface area contributed by atoms with Gasteiger partial charge in [-0.3, -0.25) is 9.59 Å². The SMILES string of the molecule is COc1ccc(C(C(=O)O)C(CC(C)C)(CC(C)C)C(=O)O)cc1. The first-order valence-corrected chi connectivity index (χ1v) is 8.24. The molecule has 0 heterocycles. The van der Waals surface area contributed by atoms with Gasteiger partial charge in [0.2, 0.25) is 0 Å². The average molecular weight is 336 g/mol. The summed E-state index contributed by atoms with van der Waals surface area (Å²) in [5.74, 6) is -2.51. The lowest BCUT2D eigenvalue weighted by molar-refractivity contribution is -0.161. The van der Waals surface area contributed by atoms with Crippen LogP contribution in [0.2, 0.25) is 0 Å². The first-order chi connectivity index (χ1) is 11.1. The zero-order chi connectivity index (χ0) is 18.5. The molecule has 0 radical (unpaired) electrons. The van der Waals surface area contributed by atoms with Crippen molar-refractivity contribution < 1.29 is 24.5 Å². The zero-order valence-corrected chi connectivity index (χ0v) is 15.1. The molecule has 1 aromatic carbocycles. The first kappa shape index (κ1) is 20.0. The minimum Gasteiger partial charge on any atom is -0.497 e. The van der Waals surface area contributed by atoms with Gasteiger partial charge in [-0.2, -0.15) is 0 Å². The maximum absolute atomic E-state index is 12.2. The van der Waals surface area contributed by atoms with Crippen molar-refractivity contribution in [2.45, 2.75) is 46.5 Å². The van der Waals surface area contributed by atoms with Gasteiger partial charge in [0.25, 0.3) is 0 Å². The molecule has 0 saturated carbocycles. The molecular formula is C19H28O5. The summed E-state index contributed by atoms with van der Waals surface area (Å²) in [6.45, 7) is 7.69. The predicted octanol–water partition coefficient (Wildman–Crippen LogP) is 4.03. The number of hydrogen-bond acceptors (Lipinski definition) is 3. The Balaban J connectivity index is 3.49. The Kier molecular flexibility index (Phi) is 6.81. The topological polar surface area (TPSA) is 83.8 Å². The Labute approximate surface area is 143 Å². The summed E-state index contributed by atoms with van der Waals surface area (Å²) >= 11 is 0. The molecule has 1 unspecified atom stereocenters. The molecule has 0 amide bonds. The molecule has 24 heavy (non-hydrogen) atoms. The van der Waals surface area contributed by atoms with Crippen molar-refractivity contribution in [3.05, 3.63) is 29.8 Å². The summed E-state index contributed by atoms with van der Waals surface area (Å²) in [6.07, 6.45) is 0.618. The number of rotatable bonds is 9. The normalized spacial score (nSPS) is 13.1. The fourth-order valence-electron chi connectivity index (χ4n) is 3.57. The van der Waals surface area contributed by atoms with Crippen LogP contribution in [0.3, 0.4) is 0 Å². The van der Waals surface area contributed by atoms with Crippen LogP contribution in [0.25, 0.3) is 0 Å². The van der Waals surface area contributed by atoms with Crippen LogP contribution < -0.4 is 4.74 Å². The van der Waals surface area contributed by atoms with Crippen LogP contribution in [-0.4, -0.2) is 29.3 Å². The molecule has 1 aromatic rings. The van der Waals surface area contributed by atoms with Gasteiger partial charge >= 0.3 is 11.9 Å². The quantitative estimate of drug-likeness (QED) is 0.711. The lowest BCUT2D eigenvalue weighted by atomic mass is 9.63. The van der Waals surface area contributed by atoms with Crippen molar-refractivity contribution in [3.63, 3.8) is 0 Å². The molecule has 1 rings (SSSR count). The van der Waals surface area contributed by atoms with Crippen LogP contribution >= 0.6 is 0 Å². The molecule has 1 atom stereocenters. The Morgan fingerprint density at radius 3 is 1.75 bits per heavy atom. The number of methoxy groups -OCH3 is 1. The second kappa shape index (κ2) is 8.18. The van der Waals surface area contributed by atoms with Crippen molar-refractivity contribution >= 4 is 11.9 Å². The highest BCUT2D eigenvalue weighted by Gasteiger charge is 2.50. The number of carboxylic acids is 2. The molecule has 0 aliphatic carbocycles. The van der Waals surface area contributed by atoms with E-state index in [9.17, 15) is 19.8 Å². The van der Waals surface area contributed by atoms with E-state index in [-0.39, 0.29) is 11.8 Å². The van der Waals surface area contributed by atoms with Crippen LogP contribution in [0.1, 0.15) is 52.0 Å². The van der Waals surface area contributed by atoms with Crippen LogP contribution in [0.5, 0.6) is 5.75 Å². The molecule has 5 heteroatoms. The van der Waals surface area contributed by atoms with E-state index in [2.05, 4.69) is 0 Å². The second-order valence-corrected chi connectivity index (χ2v) is 7.20. The van der Waals surface area contributed by atoms with Gasteiger partial charge in [0, 0.05) is 0 Å². The van der Waals surface area contributed by atoms with Crippen LogP contribution in [0, 0.1) is 17.3 Å². The van der Waals surface area contributed by atoms with Gasteiger partial charge in [-0.25, -0.2) is 0 Å². The highest BCUT2D eigenvalue weighted by Crippen LogP contribution is 2.46. The van der Waals surface area contributed by atoms with E-state index in [1.807, 2.05) is 27.7 Å². The molecule has 0 aromatic heterocycles. The third-order valence-corrected chi connectivity index (χ3v) is 4.22. The maximum Gasteiger partial charge on any atom is 0.312 e. The number of carbonyl (C=O) groups is 2. The van der Waals surface area contributed by atoms with E-state index in [0.29, 0.717) is 24.2 Å². The summed E-state index contributed by atoms with van der Waals surface area (Å²) in [6, 6.07) is 6.64. The van der Waals surface area contributed by atoms with E-state index in [1.165, 1.54) is 7.11 Å². The van der Waals surface area contributed by atoms with Gasteiger partial charge in [0.15, 0.2) is 0 Å². The van der Waals surface area contributed by atoms with Gasteiger partial charge in [0.05, 0.1) is 18.4 Å². The third kappa shape index (κ3) is 4.49. The van der Waals surface area contributed by atoms with Gasteiger partial charge < -0.3 is 14.9 Å². The summed E-state index contributed by atoms with van der Waals surface area (Å²) in [4.78, 5) is 24.3. The molecule has 5 nitrogen and oxygen atoms in total. The molecule has 0 bridgehead atoms. The molecule has 0 spiro atoms. The van der Waals surface area contributed by atoms with Gasteiger partial charge in [-0.15, -0.1) is 0 Å². The van der Waals surface area contributed by atoms with Crippen LogP contribution in [-0.2, 0) is 9.59 Å². The fraction of sp³-hybridized carbons (Fsp3) is 0.579. The monoisotopic (exact) mass is 336 g/mol. The summed E-state index contributed by atoms with van der Waals surface area (Å²) in [5.41, 5.74) is -0.852. The maximum atomic E-state index is 12.2. The van der Waals surface area contributed by atoms with Crippen molar-refractivity contribution in [2.75, 3.05) is 7.11 Å². The lowest BCUT2D eigenvalue weighted by Gasteiger charge is -2.38. The van der Waals surface area contributed by atoms with Gasteiger partial charge in [0.1, 0.15) is 5.75 Å². The van der Waals surface area contributed by atoms with Crippen LogP contribution in [0.15, 0.2) is 24.3 Å². The number of ether oxygens (including phenoxy) is 1. The Morgan fingerprint density at radius 2 is 1.46 bits per heavy atom. The molecule has 0 saturated heterocycles. The minimum absolute atomic E-state index is 0.0694. The molecular weight excluding hydrogens is 308 g/mol. The van der Waals surface area contributed by atoms with E-state index in [4.69, 9.17) is 4.74 Å². The Hall–Kier alpha value is -2.04. The third-order valence-electron chi connectivity index (χ3n) is 4.22. The zero-order valence-electron chi connectivity index (χ0n) is 15.1. The fourth-order valence-corrected chi connectivity index (χ4v) is 3.57. The minimum atomic E-state index is -1.34. The summed E-state index contributed by atoms with van der Waals surface area (Å²) < 4.78 is 5.11. The number of benzene rings is 1. The molecule has 0 fully saturated rings. The van der Waals surface area contributed by atoms with Crippen molar-refractivity contribution in [1.29, 1.82) is 0 Å². The largest absolute Gasteiger partial charge is 0.497 e. The highest BCUT2D eigenvalue weighted by molar-refractivity contribution is 5.87. The second-order valence-electron chi connectivity index (χ2n) is 7.20. The summed E-state index contributed by atoms with van der Waals surface area (Å²) in [7, 11) is 1.53. The van der Waals surface area contributed by atoms with Crippen LogP contribution in [0.4, 0.5) is 0 Å². The molecule has 0 aliphatic heterocycles. The van der Waals surface area contributed by atoms with Gasteiger partial charge in [-0.1, -0.05) is 39.8 Å². The average Bonchev–Trinajstić information content (AvgIpc) is 2.46. The smallest absolute Gasteiger partial charge is 0.312 e. The molecule has 0 aliphatic rings. The first-order valence-electron chi connectivity index (χ1n) is 8.24. The number of carboxylic acid groups (broad SMARTS) is 2. The highest BCUT2D eigenvalue weighted by atomic mass is 16.5. The lowest BCUT2D eigenvalue weighted by Crippen LogP contribution is -2.43.